The van der Waals surface area contributed by atoms with Crippen molar-refractivity contribution in [3.05, 3.63) is 84.6 Å². The number of aromatic amines is 1. The normalized spacial score (nSPS) is 11.1. The fourth-order valence-corrected chi connectivity index (χ4v) is 4.77. The number of hydrogen-bond acceptors (Lipinski definition) is 7. The summed E-state index contributed by atoms with van der Waals surface area (Å²) in [7, 11) is 4.64. The summed E-state index contributed by atoms with van der Waals surface area (Å²) in [5.74, 6) is 1.83. The molecule has 0 aliphatic rings. The van der Waals surface area contributed by atoms with E-state index >= 15 is 0 Å². The van der Waals surface area contributed by atoms with Gasteiger partial charge in [0, 0.05) is 28.9 Å². The molecule has 2 N–H and O–H groups in total. The summed E-state index contributed by atoms with van der Waals surface area (Å²) in [5.41, 5.74) is 4.98. The highest BCUT2D eigenvalue weighted by Crippen LogP contribution is 2.36. The van der Waals surface area contributed by atoms with Crippen LogP contribution < -0.4 is 19.5 Å². The predicted molar refractivity (Wildman–Crippen MR) is 153 cm³/mol. The van der Waals surface area contributed by atoms with Crippen LogP contribution in [0.1, 0.15) is 5.56 Å². The van der Waals surface area contributed by atoms with Crippen molar-refractivity contribution in [2.45, 2.75) is 6.42 Å². The summed E-state index contributed by atoms with van der Waals surface area (Å²) < 4.78 is 22.4. The van der Waals surface area contributed by atoms with Crippen LogP contribution in [0.15, 0.2) is 83.4 Å². The monoisotopic (exact) mass is 534 g/mol. The minimum atomic E-state index is -0.227. The van der Waals surface area contributed by atoms with E-state index in [0.717, 1.165) is 33.1 Å². The lowest BCUT2D eigenvalue weighted by Gasteiger charge is -2.15. The number of amides is 1. The summed E-state index contributed by atoms with van der Waals surface area (Å²) in [5, 5.41) is 12.4. The topological polar surface area (TPSA) is 112 Å². The van der Waals surface area contributed by atoms with E-state index in [1.54, 1.807) is 39.7 Å². The van der Waals surface area contributed by atoms with Crippen molar-refractivity contribution in [1.82, 2.24) is 15.2 Å². The van der Waals surface area contributed by atoms with Gasteiger partial charge < -0.3 is 23.9 Å². The molecule has 2 aromatic heterocycles. The third-order valence-electron chi connectivity index (χ3n) is 6.72. The van der Waals surface area contributed by atoms with Crippen molar-refractivity contribution >= 4 is 33.5 Å². The van der Waals surface area contributed by atoms with Gasteiger partial charge >= 0.3 is 0 Å². The van der Waals surface area contributed by atoms with E-state index < -0.39 is 0 Å². The zero-order valence-electron chi connectivity index (χ0n) is 22.1. The van der Waals surface area contributed by atoms with Gasteiger partial charge in [-0.3, -0.25) is 9.89 Å². The molecule has 0 radical (unpaired) electrons. The van der Waals surface area contributed by atoms with Gasteiger partial charge in [-0.1, -0.05) is 36.4 Å². The van der Waals surface area contributed by atoms with Crippen LogP contribution in [-0.4, -0.2) is 42.4 Å². The Hall–Kier alpha value is -5.31. The number of carbonyl (C=O) groups is 1. The molecule has 0 bridgehead atoms. The molecule has 9 nitrogen and oxygen atoms in total. The largest absolute Gasteiger partial charge is 0.496 e. The molecule has 1 amide bonds. The van der Waals surface area contributed by atoms with Crippen molar-refractivity contribution in [3.8, 4) is 40.0 Å². The highest BCUT2D eigenvalue weighted by molar-refractivity contribution is 5.96. The van der Waals surface area contributed by atoms with Gasteiger partial charge in [0.05, 0.1) is 45.2 Å². The van der Waals surface area contributed by atoms with E-state index in [9.17, 15) is 4.79 Å². The molecular weight excluding hydrogens is 508 g/mol. The summed E-state index contributed by atoms with van der Waals surface area (Å²) in [4.78, 5) is 17.8. The van der Waals surface area contributed by atoms with E-state index in [2.05, 4.69) is 15.5 Å². The third kappa shape index (κ3) is 4.69. The molecule has 6 aromatic rings. The quantitative estimate of drug-likeness (QED) is 0.238. The lowest BCUT2D eigenvalue weighted by atomic mass is 10.1. The van der Waals surface area contributed by atoms with E-state index in [0.29, 0.717) is 40.0 Å². The highest BCUT2D eigenvalue weighted by atomic mass is 16.5. The number of H-pyrrole nitrogens is 1. The van der Waals surface area contributed by atoms with Gasteiger partial charge in [-0.25, -0.2) is 4.98 Å². The lowest BCUT2D eigenvalue weighted by molar-refractivity contribution is -0.115. The third-order valence-corrected chi connectivity index (χ3v) is 6.72. The SMILES string of the molecule is COc1cc(OC)c(CC(=O)Nc2cccc(-c3[nH]ncc3-c3nc4cc5ccccc5cc4o3)c2)c(OC)c1. The predicted octanol–water partition coefficient (Wildman–Crippen LogP) is 6.25. The molecule has 4 aromatic carbocycles. The molecule has 200 valence electrons. The molecule has 0 fully saturated rings. The van der Waals surface area contributed by atoms with E-state index in [1.165, 1.54) is 0 Å². The number of rotatable bonds is 8. The minimum absolute atomic E-state index is 0.0487. The Morgan fingerprint density at radius 1 is 0.900 bits per heavy atom. The van der Waals surface area contributed by atoms with Crippen LogP contribution >= 0.6 is 0 Å². The zero-order valence-corrected chi connectivity index (χ0v) is 22.1. The number of oxazole rings is 1. The average Bonchev–Trinajstić information content (AvgIpc) is 3.63. The Bertz CT molecular complexity index is 1780. The molecule has 0 spiro atoms. The van der Waals surface area contributed by atoms with Crippen molar-refractivity contribution in [2.24, 2.45) is 0 Å². The van der Waals surface area contributed by atoms with Crippen LogP contribution in [0.25, 0.3) is 44.6 Å². The maximum Gasteiger partial charge on any atom is 0.231 e. The molecule has 0 unspecified atom stereocenters. The Morgan fingerprint density at radius 2 is 1.65 bits per heavy atom. The summed E-state index contributed by atoms with van der Waals surface area (Å²) >= 11 is 0. The molecule has 0 atom stereocenters. The summed E-state index contributed by atoms with van der Waals surface area (Å²) in [6, 6.07) is 23.0. The number of hydrogen-bond donors (Lipinski definition) is 2. The second kappa shape index (κ2) is 10.5. The summed E-state index contributed by atoms with van der Waals surface area (Å²) in [6.45, 7) is 0. The van der Waals surface area contributed by atoms with Gasteiger partial charge in [-0.2, -0.15) is 5.10 Å². The second-order valence-corrected chi connectivity index (χ2v) is 9.16. The molecule has 6 rings (SSSR count). The molecule has 40 heavy (non-hydrogen) atoms. The molecule has 0 aliphatic carbocycles. The molecule has 0 aliphatic heterocycles. The van der Waals surface area contributed by atoms with E-state index in [4.69, 9.17) is 23.6 Å². The number of methoxy groups -OCH3 is 3. The first-order valence-corrected chi connectivity index (χ1v) is 12.6. The fraction of sp³-hybridized carbons (Fsp3) is 0.129. The van der Waals surface area contributed by atoms with Crippen LogP contribution in [0.2, 0.25) is 0 Å². The number of aromatic nitrogens is 3. The van der Waals surface area contributed by atoms with Gasteiger partial charge in [0.25, 0.3) is 0 Å². The first-order valence-electron chi connectivity index (χ1n) is 12.6. The van der Waals surface area contributed by atoms with Crippen LogP contribution in [0.4, 0.5) is 5.69 Å². The Morgan fingerprint density at radius 3 is 2.38 bits per heavy atom. The van der Waals surface area contributed by atoms with Crippen molar-refractivity contribution in [3.63, 3.8) is 0 Å². The number of carbonyl (C=O) groups excluding carboxylic acids is 1. The smallest absolute Gasteiger partial charge is 0.231 e. The number of nitrogens with one attached hydrogen (secondary N) is 2. The first-order chi connectivity index (χ1) is 19.6. The zero-order chi connectivity index (χ0) is 27.6. The highest BCUT2D eigenvalue weighted by Gasteiger charge is 2.19. The number of benzene rings is 4. The Labute approximate surface area is 229 Å². The lowest BCUT2D eigenvalue weighted by Crippen LogP contribution is -2.15. The van der Waals surface area contributed by atoms with Crippen molar-refractivity contribution < 1.29 is 23.4 Å². The number of ether oxygens (including phenoxy) is 3. The van der Waals surface area contributed by atoms with Gasteiger partial charge in [-0.05, 0) is 35.0 Å². The van der Waals surface area contributed by atoms with Gasteiger partial charge in [0.1, 0.15) is 22.8 Å². The summed E-state index contributed by atoms with van der Waals surface area (Å²) in [6.07, 6.45) is 1.74. The molecular formula is C31H26N4O5. The van der Waals surface area contributed by atoms with Crippen LogP contribution in [-0.2, 0) is 11.2 Å². The Kier molecular flexibility index (Phi) is 6.53. The molecule has 0 saturated carbocycles. The number of nitrogens with zero attached hydrogens (tertiary/aromatic N) is 2. The molecule has 0 saturated heterocycles. The maximum absolute atomic E-state index is 13.1. The molecule has 9 heteroatoms. The fourth-order valence-electron chi connectivity index (χ4n) is 4.77. The Balaban J connectivity index is 1.27. The van der Waals surface area contributed by atoms with Crippen LogP contribution in [0, 0.1) is 0 Å². The maximum atomic E-state index is 13.1. The van der Waals surface area contributed by atoms with E-state index in [1.807, 2.05) is 60.7 Å². The van der Waals surface area contributed by atoms with Gasteiger partial charge in [0.2, 0.25) is 11.8 Å². The van der Waals surface area contributed by atoms with Crippen LogP contribution in [0.3, 0.4) is 0 Å². The van der Waals surface area contributed by atoms with E-state index in [-0.39, 0.29) is 12.3 Å². The molecule has 2 heterocycles. The van der Waals surface area contributed by atoms with Crippen molar-refractivity contribution in [2.75, 3.05) is 26.6 Å². The van der Waals surface area contributed by atoms with Gasteiger partial charge in [0.15, 0.2) is 5.58 Å². The van der Waals surface area contributed by atoms with Gasteiger partial charge in [-0.15, -0.1) is 0 Å². The minimum Gasteiger partial charge on any atom is -0.496 e. The van der Waals surface area contributed by atoms with Crippen LogP contribution in [0.5, 0.6) is 17.2 Å². The first kappa shape index (κ1) is 25.0. The second-order valence-electron chi connectivity index (χ2n) is 9.16. The number of anilines is 1. The standard InChI is InChI=1S/C31H26N4O5/c1-37-22-14-26(38-2)23(27(15-22)39-3)16-29(36)33-21-10-6-9-20(11-21)30-24(17-32-35-30)31-34-25-12-18-7-4-5-8-19(18)13-28(25)40-31/h4-15,17H,16H2,1-3H3,(H,32,35)(H,33,36). The average molecular weight is 535 g/mol. The van der Waals surface area contributed by atoms with Crippen molar-refractivity contribution in [1.29, 1.82) is 0 Å². The number of fused-ring (bicyclic) bond motifs is 2.